The van der Waals surface area contributed by atoms with Crippen molar-refractivity contribution in [2.24, 2.45) is 7.05 Å². The second kappa shape index (κ2) is 8.47. The third kappa shape index (κ3) is 3.87. The molecule has 1 fully saturated rings. The first-order valence-corrected chi connectivity index (χ1v) is 12.0. The standard InChI is InChI=1S/C22H27N3O5S/c1-3-30-22(27)20-14-17(15-23(20)2)31(28,29)25-13-7-11-19(25)21(26)24-12-6-9-16-8-4-5-10-18(16)24/h4-5,8,10,14-15,19H,3,6-7,9,11-13H2,1-2H3/t19-/m1/s1. The molecule has 0 bridgehead atoms. The molecule has 2 aliphatic rings. The van der Waals surface area contributed by atoms with Gasteiger partial charge in [0, 0.05) is 32.0 Å². The van der Waals surface area contributed by atoms with E-state index in [0.29, 0.717) is 19.4 Å². The molecule has 2 aromatic rings. The minimum atomic E-state index is -3.94. The summed E-state index contributed by atoms with van der Waals surface area (Å²) < 4.78 is 34.6. The second-order valence-electron chi connectivity index (χ2n) is 7.89. The summed E-state index contributed by atoms with van der Waals surface area (Å²) in [6.45, 7) is 2.75. The minimum absolute atomic E-state index is 0.00297. The lowest BCUT2D eigenvalue weighted by Gasteiger charge is -2.33. The molecule has 0 unspecified atom stereocenters. The summed E-state index contributed by atoms with van der Waals surface area (Å²) in [5, 5.41) is 0. The molecule has 4 rings (SSSR count). The predicted octanol–water partition coefficient (Wildman–Crippen LogP) is 2.33. The Bertz CT molecular complexity index is 1110. The quantitative estimate of drug-likeness (QED) is 0.659. The number of benzene rings is 1. The fourth-order valence-corrected chi connectivity index (χ4v) is 6.16. The van der Waals surface area contributed by atoms with Crippen molar-refractivity contribution in [3.63, 3.8) is 0 Å². The molecular formula is C22H27N3O5S. The van der Waals surface area contributed by atoms with Crippen molar-refractivity contribution in [3.8, 4) is 0 Å². The molecule has 1 saturated heterocycles. The molecule has 0 aliphatic carbocycles. The molecule has 3 heterocycles. The first kappa shape index (κ1) is 21.6. The van der Waals surface area contributed by atoms with Crippen LogP contribution in [0.2, 0.25) is 0 Å². The predicted molar refractivity (Wildman–Crippen MR) is 115 cm³/mol. The summed E-state index contributed by atoms with van der Waals surface area (Å²) in [6, 6.07) is 8.36. The highest BCUT2D eigenvalue weighted by molar-refractivity contribution is 7.89. The third-order valence-electron chi connectivity index (χ3n) is 5.94. The molecule has 8 nitrogen and oxygen atoms in total. The van der Waals surface area contributed by atoms with Crippen LogP contribution in [-0.4, -0.2) is 54.9 Å². The topological polar surface area (TPSA) is 88.9 Å². The van der Waals surface area contributed by atoms with Crippen molar-refractivity contribution >= 4 is 27.6 Å². The highest BCUT2D eigenvalue weighted by atomic mass is 32.2. The number of amides is 1. The van der Waals surface area contributed by atoms with E-state index in [4.69, 9.17) is 4.74 Å². The van der Waals surface area contributed by atoms with Crippen LogP contribution in [-0.2, 0) is 33.0 Å². The molecular weight excluding hydrogens is 418 g/mol. The van der Waals surface area contributed by atoms with Gasteiger partial charge in [-0.3, -0.25) is 4.79 Å². The lowest BCUT2D eigenvalue weighted by atomic mass is 10.0. The molecule has 1 atom stereocenters. The van der Waals surface area contributed by atoms with E-state index in [-0.39, 0.29) is 29.6 Å². The van der Waals surface area contributed by atoms with Crippen LogP contribution in [0.25, 0.3) is 0 Å². The van der Waals surface area contributed by atoms with Crippen LogP contribution in [0.3, 0.4) is 0 Å². The Labute approximate surface area is 182 Å². The average molecular weight is 446 g/mol. The monoisotopic (exact) mass is 445 g/mol. The maximum atomic E-state index is 13.5. The van der Waals surface area contributed by atoms with Crippen LogP contribution >= 0.6 is 0 Å². The molecule has 0 spiro atoms. The largest absolute Gasteiger partial charge is 0.461 e. The van der Waals surface area contributed by atoms with Crippen molar-refractivity contribution in [3.05, 3.63) is 47.8 Å². The van der Waals surface area contributed by atoms with Crippen molar-refractivity contribution in [2.75, 3.05) is 24.6 Å². The Morgan fingerprint density at radius 2 is 1.94 bits per heavy atom. The average Bonchev–Trinajstić information content (AvgIpc) is 3.41. The van der Waals surface area contributed by atoms with Gasteiger partial charge in [0.1, 0.15) is 16.6 Å². The molecule has 166 valence electrons. The molecule has 1 amide bonds. The van der Waals surface area contributed by atoms with E-state index in [9.17, 15) is 18.0 Å². The zero-order valence-electron chi connectivity index (χ0n) is 17.8. The van der Waals surface area contributed by atoms with Gasteiger partial charge in [-0.25, -0.2) is 13.2 Å². The van der Waals surface area contributed by atoms with Crippen LogP contribution < -0.4 is 4.90 Å². The number of para-hydroxylation sites is 1. The van der Waals surface area contributed by atoms with E-state index < -0.39 is 22.0 Å². The van der Waals surface area contributed by atoms with E-state index in [2.05, 4.69) is 0 Å². The van der Waals surface area contributed by atoms with Gasteiger partial charge >= 0.3 is 5.97 Å². The van der Waals surface area contributed by atoms with E-state index in [1.165, 1.54) is 21.1 Å². The van der Waals surface area contributed by atoms with E-state index in [1.54, 1.807) is 18.9 Å². The Morgan fingerprint density at radius 1 is 1.16 bits per heavy atom. The number of carbonyl (C=O) groups excluding carboxylic acids is 2. The number of anilines is 1. The number of esters is 1. The van der Waals surface area contributed by atoms with Gasteiger partial charge in [-0.2, -0.15) is 4.31 Å². The molecule has 0 saturated carbocycles. The van der Waals surface area contributed by atoms with Gasteiger partial charge < -0.3 is 14.2 Å². The molecule has 0 N–H and O–H groups in total. The first-order chi connectivity index (χ1) is 14.8. The molecule has 0 radical (unpaired) electrons. The normalized spacial score (nSPS) is 19.3. The number of carbonyl (C=O) groups is 2. The van der Waals surface area contributed by atoms with Crippen LogP contribution in [0.5, 0.6) is 0 Å². The zero-order chi connectivity index (χ0) is 22.2. The molecule has 2 aliphatic heterocycles. The number of sulfonamides is 1. The highest BCUT2D eigenvalue weighted by Gasteiger charge is 2.42. The Balaban J connectivity index is 1.62. The summed E-state index contributed by atoms with van der Waals surface area (Å²) in [5.74, 6) is -0.764. The van der Waals surface area contributed by atoms with Gasteiger partial charge in [0.05, 0.1) is 6.61 Å². The summed E-state index contributed by atoms with van der Waals surface area (Å²) in [7, 11) is -2.34. The van der Waals surface area contributed by atoms with Crippen molar-refractivity contribution < 1.29 is 22.7 Å². The zero-order valence-corrected chi connectivity index (χ0v) is 18.6. The van der Waals surface area contributed by atoms with Gasteiger partial charge in [0.15, 0.2) is 0 Å². The highest BCUT2D eigenvalue weighted by Crippen LogP contribution is 2.32. The number of rotatable bonds is 5. The summed E-state index contributed by atoms with van der Waals surface area (Å²) >= 11 is 0. The van der Waals surface area contributed by atoms with Crippen LogP contribution in [0.1, 0.15) is 42.2 Å². The summed E-state index contributed by atoms with van der Waals surface area (Å²) in [6.07, 6.45) is 4.26. The van der Waals surface area contributed by atoms with Gasteiger partial charge in [-0.1, -0.05) is 18.2 Å². The van der Waals surface area contributed by atoms with Crippen LogP contribution in [0.4, 0.5) is 5.69 Å². The Hall–Kier alpha value is -2.65. The van der Waals surface area contributed by atoms with E-state index >= 15 is 0 Å². The lowest BCUT2D eigenvalue weighted by Crippen LogP contribution is -2.49. The van der Waals surface area contributed by atoms with Gasteiger partial charge in [-0.15, -0.1) is 0 Å². The first-order valence-electron chi connectivity index (χ1n) is 10.6. The molecule has 1 aromatic carbocycles. The molecule has 31 heavy (non-hydrogen) atoms. The maximum absolute atomic E-state index is 13.5. The second-order valence-corrected chi connectivity index (χ2v) is 9.78. The van der Waals surface area contributed by atoms with Crippen LogP contribution in [0, 0.1) is 0 Å². The van der Waals surface area contributed by atoms with Gasteiger partial charge in [0.2, 0.25) is 15.9 Å². The number of aromatic nitrogens is 1. The van der Waals surface area contributed by atoms with Crippen LogP contribution in [0.15, 0.2) is 41.4 Å². The lowest BCUT2D eigenvalue weighted by molar-refractivity contribution is -0.121. The summed E-state index contributed by atoms with van der Waals surface area (Å²) in [4.78, 5) is 27.3. The van der Waals surface area contributed by atoms with E-state index in [1.807, 2.05) is 24.3 Å². The number of ether oxygens (including phenoxy) is 1. The fraction of sp³-hybridized carbons (Fsp3) is 0.455. The Kier molecular flexibility index (Phi) is 5.90. The SMILES string of the molecule is CCOC(=O)c1cc(S(=O)(=O)N2CCC[C@@H]2C(=O)N2CCCc3ccccc32)cn1C. The number of nitrogens with zero attached hydrogens (tertiary/aromatic N) is 3. The van der Waals surface area contributed by atoms with E-state index in [0.717, 1.165) is 24.1 Å². The fourth-order valence-electron chi connectivity index (χ4n) is 4.44. The maximum Gasteiger partial charge on any atom is 0.354 e. The number of hydrogen-bond donors (Lipinski definition) is 0. The van der Waals surface area contributed by atoms with Crippen molar-refractivity contribution in [1.29, 1.82) is 0 Å². The number of aryl methyl sites for hydroxylation is 2. The number of hydrogen-bond acceptors (Lipinski definition) is 5. The van der Waals surface area contributed by atoms with Gasteiger partial charge in [-0.05, 0) is 50.3 Å². The van der Waals surface area contributed by atoms with Crippen molar-refractivity contribution in [2.45, 2.75) is 43.5 Å². The Morgan fingerprint density at radius 3 is 2.71 bits per heavy atom. The third-order valence-corrected chi connectivity index (χ3v) is 7.81. The van der Waals surface area contributed by atoms with Crippen molar-refractivity contribution in [1.82, 2.24) is 8.87 Å². The van der Waals surface area contributed by atoms with Gasteiger partial charge in [0.25, 0.3) is 0 Å². The molecule has 1 aromatic heterocycles. The minimum Gasteiger partial charge on any atom is -0.461 e. The summed E-state index contributed by atoms with van der Waals surface area (Å²) in [5.41, 5.74) is 2.14. The smallest absolute Gasteiger partial charge is 0.354 e. The number of fused-ring (bicyclic) bond motifs is 1. The molecule has 9 heteroatoms.